The van der Waals surface area contributed by atoms with Gasteiger partial charge in [0.1, 0.15) is 0 Å². The maximum absolute atomic E-state index is 14.8. The molecule has 0 fully saturated rings. The Hall–Kier alpha value is -3.21. The van der Waals surface area contributed by atoms with Gasteiger partial charge in [0.25, 0.3) is 0 Å². The molecule has 3 rings (SSSR count). The predicted octanol–water partition coefficient (Wildman–Crippen LogP) is 6.58. The highest BCUT2D eigenvalue weighted by molar-refractivity contribution is 5.68. The molecule has 0 atom stereocenters. The lowest BCUT2D eigenvalue weighted by Gasteiger charge is -2.24. The number of allylic oxidation sites excluding steroid dienone is 3. The molecule has 0 unspecified atom stereocenters. The average molecular weight is 398 g/mol. The fourth-order valence-electron chi connectivity index (χ4n) is 3.13. The molecule has 0 aromatic heterocycles. The van der Waals surface area contributed by atoms with Gasteiger partial charge in [-0.2, -0.15) is 8.78 Å². The Morgan fingerprint density at radius 2 is 1.90 bits per heavy atom. The van der Waals surface area contributed by atoms with Gasteiger partial charge in [-0.15, -0.1) is 6.58 Å². The molecule has 0 radical (unpaired) electrons. The summed E-state index contributed by atoms with van der Waals surface area (Å²) in [5.41, 5.74) is 2.40. The summed E-state index contributed by atoms with van der Waals surface area (Å²) >= 11 is 0. The highest BCUT2D eigenvalue weighted by Crippen LogP contribution is 2.41. The van der Waals surface area contributed by atoms with Crippen LogP contribution in [-0.2, 0) is 17.6 Å². The molecule has 2 aromatic rings. The Bertz CT molecular complexity index is 1020. The average Bonchev–Trinajstić information content (AvgIpc) is 2.73. The van der Waals surface area contributed by atoms with E-state index in [9.17, 15) is 13.2 Å². The van der Waals surface area contributed by atoms with Crippen LogP contribution in [0.1, 0.15) is 17.5 Å². The molecule has 1 heterocycles. The van der Waals surface area contributed by atoms with Gasteiger partial charge in [-0.1, -0.05) is 43.5 Å². The Morgan fingerprint density at radius 1 is 1.21 bits per heavy atom. The second-order valence-electron chi connectivity index (χ2n) is 6.72. The smallest absolute Gasteiger partial charge is 0.207 e. The molecule has 0 spiro atoms. The third kappa shape index (κ3) is 3.99. The number of benzene rings is 2. The van der Waals surface area contributed by atoms with E-state index in [2.05, 4.69) is 19.7 Å². The zero-order valence-electron chi connectivity index (χ0n) is 16.2. The van der Waals surface area contributed by atoms with E-state index >= 15 is 0 Å². The highest BCUT2D eigenvalue weighted by atomic mass is 19.2. The van der Waals surface area contributed by atoms with E-state index in [1.807, 2.05) is 18.2 Å². The molecule has 5 heteroatoms. The number of ether oxygens (including phenoxy) is 2. The monoisotopic (exact) mass is 398 g/mol. The Kier molecular flexibility index (Phi) is 5.97. The van der Waals surface area contributed by atoms with E-state index in [0.29, 0.717) is 11.1 Å². The molecule has 29 heavy (non-hydrogen) atoms. The molecule has 0 aliphatic carbocycles. The first kappa shape index (κ1) is 20.5. The number of hydrogen-bond acceptors (Lipinski definition) is 2. The van der Waals surface area contributed by atoms with Crippen LogP contribution in [0.2, 0.25) is 0 Å². The van der Waals surface area contributed by atoms with E-state index in [4.69, 9.17) is 9.47 Å². The number of halogens is 3. The Balaban J connectivity index is 2.01. The van der Waals surface area contributed by atoms with Crippen LogP contribution >= 0.6 is 0 Å². The van der Waals surface area contributed by atoms with Gasteiger partial charge >= 0.3 is 0 Å². The first-order valence-electron chi connectivity index (χ1n) is 9.07. The van der Waals surface area contributed by atoms with Crippen LogP contribution < -0.4 is 4.74 Å². The van der Waals surface area contributed by atoms with Crippen LogP contribution in [0, 0.1) is 11.6 Å². The summed E-state index contributed by atoms with van der Waals surface area (Å²) < 4.78 is 54.0. The summed E-state index contributed by atoms with van der Waals surface area (Å²) in [6, 6.07) is 8.75. The number of hydrogen-bond donors (Lipinski definition) is 0. The Morgan fingerprint density at radius 3 is 2.52 bits per heavy atom. The highest BCUT2D eigenvalue weighted by Gasteiger charge is 2.29. The molecule has 2 aromatic carbocycles. The van der Waals surface area contributed by atoms with Gasteiger partial charge in [-0.25, -0.2) is 4.39 Å². The van der Waals surface area contributed by atoms with Gasteiger partial charge in [-0.3, -0.25) is 0 Å². The van der Waals surface area contributed by atoms with E-state index in [-0.39, 0.29) is 34.8 Å². The van der Waals surface area contributed by atoms with E-state index in [1.165, 1.54) is 13.2 Å². The zero-order chi connectivity index (χ0) is 21.1. The van der Waals surface area contributed by atoms with Gasteiger partial charge in [0, 0.05) is 17.5 Å². The van der Waals surface area contributed by atoms with Crippen molar-refractivity contribution in [1.82, 2.24) is 0 Å². The molecular formula is C24H21F3O2. The summed E-state index contributed by atoms with van der Waals surface area (Å²) in [5.74, 6) is -4.06. The minimum absolute atomic E-state index is 0.108. The fraction of sp³-hybridized carbons (Fsp3) is 0.167. The topological polar surface area (TPSA) is 18.5 Å². The van der Waals surface area contributed by atoms with Crippen LogP contribution in [0.3, 0.4) is 0 Å². The minimum atomic E-state index is -1.17. The molecule has 0 amide bonds. The maximum Gasteiger partial charge on any atom is 0.207 e. The third-order valence-electron chi connectivity index (χ3n) is 4.76. The van der Waals surface area contributed by atoms with Gasteiger partial charge in [0.15, 0.2) is 23.1 Å². The van der Waals surface area contributed by atoms with Crippen molar-refractivity contribution in [2.24, 2.45) is 0 Å². The summed E-state index contributed by atoms with van der Waals surface area (Å²) in [6.07, 6.45) is 3.60. The quantitative estimate of drug-likeness (QED) is 0.404. The van der Waals surface area contributed by atoms with Crippen LogP contribution in [0.15, 0.2) is 79.1 Å². The third-order valence-corrected chi connectivity index (χ3v) is 4.76. The SMILES string of the molecule is C=CCCc1ccc(-c2cc3c(c(F)c2F)O/C(=C(\F)C(=C)OC)C(=C)C3)cc1. The molecule has 0 saturated heterocycles. The van der Waals surface area contributed by atoms with Crippen molar-refractivity contribution in [2.75, 3.05) is 7.11 Å². The fourth-order valence-corrected chi connectivity index (χ4v) is 3.13. The second-order valence-corrected chi connectivity index (χ2v) is 6.72. The van der Waals surface area contributed by atoms with Crippen molar-refractivity contribution in [2.45, 2.75) is 19.3 Å². The van der Waals surface area contributed by atoms with Crippen LogP contribution in [0.25, 0.3) is 11.1 Å². The maximum atomic E-state index is 14.8. The molecule has 0 saturated carbocycles. The van der Waals surface area contributed by atoms with Gasteiger partial charge in [0.2, 0.25) is 11.6 Å². The van der Waals surface area contributed by atoms with Crippen LogP contribution in [-0.4, -0.2) is 7.11 Å². The van der Waals surface area contributed by atoms with Crippen LogP contribution in [0.5, 0.6) is 5.75 Å². The van der Waals surface area contributed by atoms with E-state index < -0.39 is 17.5 Å². The minimum Gasteiger partial charge on any atom is -0.494 e. The molecule has 2 nitrogen and oxygen atoms in total. The van der Waals surface area contributed by atoms with Crippen molar-refractivity contribution in [3.8, 4) is 16.9 Å². The molecule has 0 N–H and O–H groups in total. The summed E-state index contributed by atoms with van der Waals surface area (Å²) in [7, 11) is 1.25. The normalized spacial score (nSPS) is 14.7. The first-order chi connectivity index (χ1) is 13.9. The number of fused-ring (bicyclic) bond motifs is 1. The number of methoxy groups -OCH3 is 1. The molecule has 150 valence electrons. The summed E-state index contributed by atoms with van der Waals surface area (Å²) in [6.45, 7) is 10.9. The lowest BCUT2D eigenvalue weighted by molar-refractivity contribution is 0.272. The zero-order valence-corrected chi connectivity index (χ0v) is 16.2. The molecule has 1 aliphatic rings. The lowest BCUT2D eigenvalue weighted by Crippen LogP contribution is -2.14. The second kappa shape index (κ2) is 8.43. The van der Waals surface area contributed by atoms with E-state index in [0.717, 1.165) is 18.4 Å². The van der Waals surface area contributed by atoms with Gasteiger partial charge in [0.05, 0.1) is 7.11 Å². The van der Waals surface area contributed by atoms with Gasteiger partial charge < -0.3 is 9.47 Å². The van der Waals surface area contributed by atoms with Crippen molar-refractivity contribution in [1.29, 1.82) is 0 Å². The first-order valence-corrected chi connectivity index (χ1v) is 9.07. The predicted molar refractivity (Wildman–Crippen MR) is 108 cm³/mol. The summed E-state index contributed by atoms with van der Waals surface area (Å²) in [5, 5.41) is 0. The van der Waals surface area contributed by atoms with Crippen molar-refractivity contribution < 1.29 is 22.6 Å². The molecule has 1 aliphatic heterocycles. The van der Waals surface area contributed by atoms with Gasteiger partial charge in [-0.05, 0) is 35.6 Å². The number of aryl methyl sites for hydroxylation is 1. The van der Waals surface area contributed by atoms with Crippen molar-refractivity contribution in [3.05, 3.63) is 102 Å². The molecule has 0 bridgehead atoms. The van der Waals surface area contributed by atoms with E-state index in [1.54, 1.807) is 12.1 Å². The van der Waals surface area contributed by atoms with Crippen LogP contribution in [0.4, 0.5) is 13.2 Å². The van der Waals surface area contributed by atoms with Crippen molar-refractivity contribution >= 4 is 0 Å². The standard InChI is InChI=1S/C24H21F3O2/c1-5-6-7-16-8-10-17(11-9-16)19-13-18-12-14(2)23(20(25)15(3)28-4)29-24(18)22(27)21(19)26/h5,8-11,13H,1-3,6-7,12H2,4H3/b23-20-. The molecular weight excluding hydrogens is 377 g/mol. The largest absolute Gasteiger partial charge is 0.494 e. The summed E-state index contributed by atoms with van der Waals surface area (Å²) in [4.78, 5) is 0. The lowest BCUT2D eigenvalue weighted by atomic mass is 9.94. The number of rotatable bonds is 6. The van der Waals surface area contributed by atoms with Crippen molar-refractivity contribution in [3.63, 3.8) is 0 Å². The Labute approximate surface area is 168 Å².